The van der Waals surface area contributed by atoms with Crippen molar-refractivity contribution in [3.63, 3.8) is 0 Å². The van der Waals surface area contributed by atoms with Gasteiger partial charge in [-0.3, -0.25) is 0 Å². The highest BCUT2D eigenvalue weighted by Crippen LogP contribution is 1.48. The molecule has 0 N–H and O–H groups in total. The quantitative estimate of drug-likeness (QED) is 0.192. The fraction of sp³-hybridized carbons (Fsp3) is 0. The van der Waals surface area contributed by atoms with Crippen LogP contribution < -0.4 is 0 Å². The standard InChI is InChI=1S/C3H2N4/c4-3-6-1-2-7-5/h1-2H. The van der Waals surface area contributed by atoms with Crippen molar-refractivity contribution in [2.45, 2.75) is 0 Å². The van der Waals surface area contributed by atoms with Crippen LogP contribution in [0, 0.1) is 11.5 Å². The summed E-state index contributed by atoms with van der Waals surface area (Å²) in [7, 11) is 0. The van der Waals surface area contributed by atoms with E-state index in [1.54, 1.807) is 0 Å². The lowest BCUT2D eigenvalue weighted by atomic mass is 10.8. The predicted molar refractivity (Wildman–Crippen MR) is 23.8 cm³/mol. The molecule has 0 fully saturated rings. The van der Waals surface area contributed by atoms with Gasteiger partial charge in [0.25, 0.3) is 6.21 Å². The second-order valence-electron chi connectivity index (χ2n) is 0.643. The Labute approximate surface area is 40.3 Å². The number of hydrogen-bond acceptors (Lipinski definition) is 2. The molecular formula is C3H2N4. The topological polar surface area (TPSA) is 72.5 Å². The molecule has 0 aromatic heterocycles. The van der Waals surface area contributed by atoms with Gasteiger partial charge in [0.2, 0.25) is 6.19 Å². The van der Waals surface area contributed by atoms with Crippen molar-refractivity contribution in [3.8, 4) is 6.19 Å². The smallest absolute Gasteiger partial charge is 0.299 e. The van der Waals surface area contributed by atoms with Crippen LogP contribution in [-0.2, 0) is 0 Å². The molecule has 0 aromatic carbocycles. The minimum absolute atomic E-state index is 1.00. The summed E-state index contributed by atoms with van der Waals surface area (Å²) in [5.74, 6) is 0. The Morgan fingerprint density at radius 2 is 2.57 bits per heavy atom. The van der Waals surface area contributed by atoms with Crippen LogP contribution in [0.4, 0.5) is 0 Å². The van der Waals surface area contributed by atoms with Gasteiger partial charge in [-0.25, -0.2) is 0 Å². The molecule has 0 aromatic rings. The van der Waals surface area contributed by atoms with Crippen LogP contribution >= 0.6 is 0 Å². The number of nitriles is 1. The van der Waals surface area contributed by atoms with E-state index in [0.29, 0.717) is 0 Å². The van der Waals surface area contributed by atoms with E-state index in [0.717, 1.165) is 12.4 Å². The van der Waals surface area contributed by atoms with Crippen molar-refractivity contribution in [1.29, 1.82) is 5.26 Å². The molecule has 4 heteroatoms. The summed E-state index contributed by atoms with van der Waals surface area (Å²) in [5.41, 5.74) is 7.66. The number of hydrogen-bond donors (Lipinski definition) is 0. The van der Waals surface area contributed by atoms with Crippen molar-refractivity contribution in [3.05, 3.63) is 5.53 Å². The van der Waals surface area contributed by atoms with Crippen molar-refractivity contribution in [1.82, 2.24) is 0 Å². The highest BCUT2D eigenvalue weighted by Gasteiger charge is 1.63. The van der Waals surface area contributed by atoms with E-state index in [2.05, 4.69) is 9.78 Å². The Bertz CT molecular complexity index is 145. The molecule has 0 saturated carbocycles. The average molecular weight is 94.1 g/mol. The van der Waals surface area contributed by atoms with E-state index in [4.69, 9.17) is 10.8 Å². The molecule has 0 aliphatic rings. The summed E-state index contributed by atoms with van der Waals surface area (Å²) in [6.45, 7) is 0. The molecule has 0 radical (unpaired) electrons. The lowest BCUT2D eigenvalue weighted by Crippen LogP contribution is -1.71. The Morgan fingerprint density at radius 3 is 3.00 bits per heavy atom. The maximum atomic E-state index is 7.70. The van der Waals surface area contributed by atoms with Crippen molar-refractivity contribution in [2.75, 3.05) is 0 Å². The first-order valence-corrected chi connectivity index (χ1v) is 1.50. The van der Waals surface area contributed by atoms with E-state index in [1.165, 1.54) is 6.19 Å². The van der Waals surface area contributed by atoms with Crippen LogP contribution in [0.2, 0.25) is 0 Å². The molecule has 0 unspecified atom stereocenters. The van der Waals surface area contributed by atoms with Gasteiger partial charge in [0.05, 0.1) is 0 Å². The molecular weight excluding hydrogens is 92.1 g/mol. The Balaban J connectivity index is 3.54. The third-order valence-electron chi connectivity index (χ3n) is 0.266. The van der Waals surface area contributed by atoms with E-state index in [9.17, 15) is 0 Å². The van der Waals surface area contributed by atoms with Crippen LogP contribution in [0.15, 0.2) is 4.99 Å². The zero-order chi connectivity index (χ0) is 5.54. The third-order valence-corrected chi connectivity index (χ3v) is 0.266. The summed E-state index contributed by atoms with van der Waals surface area (Å²) in [6.07, 6.45) is 3.56. The van der Waals surface area contributed by atoms with Crippen LogP contribution in [0.5, 0.6) is 0 Å². The molecule has 7 heavy (non-hydrogen) atoms. The Morgan fingerprint density at radius 1 is 1.86 bits per heavy atom. The molecule has 0 bridgehead atoms. The predicted octanol–water partition coefficient (Wildman–Crippen LogP) is -0.161. The van der Waals surface area contributed by atoms with Crippen LogP contribution in [0.3, 0.4) is 0 Å². The van der Waals surface area contributed by atoms with E-state index < -0.39 is 0 Å². The lowest BCUT2D eigenvalue weighted by Gasteiger charge is -1.49. The summed E-state index contributed by atoms with van der Waals surface area (Å²) >= 11 is 0. The molecule has 0 amide bonds. The first-order valence-electron chi connectivity index (χ1n) is 1.50. The van der Waals surface area contributed by atoms with E-state index in [-0.39, 0.29) is 0 Å². The summed E-state index contributed by atoms with van der Waals surface area (Å²) in [4.78, 5) is 5.58. The largest absolute Gasteiger partial charge is 0.361 e. The van der Waals surface area contributed by atoms with Gasteiger partial charge in [-0.15, -0.1) is 0 Å². The van der Waals surface area contributed by atoms with Crippen LogP contribution in [0.1, 0.15) is 0 Å². The van der Waals surface area contributed by atoms with Crippen molar-refractivity contribution >= 4 is 12.4 Å². The molecule has 34 valence electrons. The molecule has 0 aliphatic carbocycles. The number of aliphatic imine (C=N–C) groups is 1. The normalized spacial score (nSPS) is 7.29. The van der Waals surface area contributed by atoms with Gasteiger partial charge in [0, 0.05) is 0 Å². The molecule has 0 spiro atoms. The minimum atomic E-state index is 1.00. The fourth-order valence-corrected chi connectivity index (χ4v) is 0.0965. The highest BCUT2D eigenvalue weighted by molar-refractivity contribution is 6.13. The van der Waals surface area contributed by atoms with Gasteiger partial charge in [0.1, 0.15) is 6.21 Å². The SMILES string of the molecule is N#CN=CC=[N+]=[N-]. The van der Waals surface area contributed by atoms with Gasteiger partial charge < -0.3 is 5.53 Å². The second kappa shape index (κ2) is 4.54. The minimum Gasteiger partial charge on any atom is -0.361 e. The van der Waals surface area contributed by atoms with Gasteiger partial charge >= 0.3 is 0 Å². The van der Waals surface area contributed by atoms with Crippen molar-refractivity contribution in [2.24, 2.45) is 4.99 Å². The second-order valence-corrected chi connectivity index (χ2v) is 0.643. The number of rotatable bonds is 1. The molecule has 0 aliphatic heterocycles. The molecule has 0 saturated heterocycles. The Hall–Kier alpha value is -1.46. The maximum absolute atomic E-state index is 7.70. The average Bonchev–Trinajstić information content (AvgIpc) is 1.69. The molecule has 0 rings (SSSR count). The van der Waals surface area contributed by atoms with Gasteiger partial charge in [-0.1, -0.05) is 0 Å². The zero-order valence-electron chi connectivity index (χ0n) is 3.44. The monoisotopic (exact) mass is 94.0 g/mol. The van der Waals surface area contributed by atoms with Crippen LogP contribution in [0.25, 0.3) is 5.53 Å². The van der Waals surface area contributed by atoms with Crippen LogP contribution in [-0.4, -0.2) is 17.2 Å². The zero-order valence-corrected chi connectivity index (χ0v) is 3.44. The molecule has 0 heterocycles. The summed E-state index contributed by atoms with van der Waals surface area (Å²) < 4.78 is 0. The molecule has 4 nitrogen and oxygen atoms in total. The first-order chi connectivity index (χ1) is 3.41. The summed E-state index contributed by atoms with van der Waals surface area (Å²) in [5, 5.41) is 7.70. The first kappa shape index (κ1) is 5.54. The maximum Gasteiger partial charge on any atom is 0.299 e. The Kier molecular flexibility index (Phi) is 3.59. The highest BCUT2D eigenvalue weighted by atomic mass is 14.8. The van der Waals surface area contributed by atoms with Gasteiger partial charge in [-0.2, -0.15) is 15.0 Å². The molecule has 0 atom stereocenters. The van der Waals surface area contributed by atoms with E-state index in [1.807, 2.05) is 0 Å². The number of nitrogens with zero attached hydrogens (tertiary/aromatic N) is 4. The van der Waals surface area contributed by atoms with Gasteiger partial charge in [-0.05, 0) is 0 Å². The lowest BCUT2D eigenvalue weighted by molar-refractivity contribution is 0.00696. The fourth-order valence-electron chi connectivity index (χ4n) is 0.0965. The van der Waals surface area contributed by atoms with Gasteiger partial charge in [0.15, 0.2) is 0 Å². The van der Waals surface area contributed by atoms with Crippen molar-refractivity contribution < 1.29 is 4.79 Å². The third kappa shape index (κ3) is 4.54. The summed E-state index contributed by atoms with van der Waals surface area (Å²) in [6, 6.07) is 0. The van der Waals surface area contributed by atoms with E-state index >= 15 is 0 Å².